The maximum absolute atomic E-state index is 4.28. The standard InChI is InChI=1S/C12H23N3/c1-4-7-13-10-11(3)9-12-6-8-14-15(12)5-2/h6,8,11,13H,4-5,7,9-10H2,1-3H3. The van der Waals surface area contributed by atoms with Gasteiger partial charge >= 0.3 is 0 Å². The van der Waals surface area contributed by atoms with Crippen LogP contribution in [0.5, 0.6) is 0 Å². The fourth-order valence-electron chi connectivity index (χ4n) is 1.77. The molecule has 3 nitrogen and oxygen atoms in total. The van der Waals surface area contributed by atoms with Crippen LogP contribution in [0.15, 0.2) is 12.3 Å². The summed E-state index contributed by atoms with van der Waals surface area (Å²) in [4.78, 5) is 0. The number of hydrogen-bond donors (Lipinski definition) is 1. The second kappa shape index (κ2) is 6.62. The molecule has 0 aliphatic rings. The van der Waals surface area contributed by atoms with Gasteiger partial charge in [-0.25, -0.2) is 0 Å². The van der Waals surface area contributed by atoms with Gasteiger partial charge in [0.25, 0.3) is 0 Å². The normalized spacial score (nSPS) is 13.0. The van der Waals surface area contributed by atoms with Crippen LogP contribution in [-0.2, 0) is 13.0 Å². The number of aromatic nitrogens is 2. The first-order chi connectivity index (χ1) is 7.27. The topological polar surface area (TPSA) is 29.9 Å². The molecule has 0 aromatic carbocycles. The lowest BCUT2D eigenvalue weighted by atomic mass is 10.1. The van der Waals surface area contributed by atoms with E-state index in [4.69, 9.17) is 0 Å². The van der Waals surface area contributed by atoms with Gasteiger partial charge in [0, 0.05) is 18.4 Å². The van der Waals surface area contributed by atoms with Gasteiger partial charge in [-0.1, -0.05) is 13.8 Å². The highest BCUT2D eigenvalue weighted by Gasteiger charge is 2.06. The lowest BCUT2D eigenvalue weighted by Gasteiger charge is -2.12. The second-order valence-electron chi connectivity index (χ2n) is 4.15. The summed E-state index contributed by atoms with van der Waals surface area (Å²) < 4.78 is 2.08. The van der Waals surface area contributed by atoms with Gasteiger partial charge < -0.3 is 5.32 Å². The molecule has 0 amide bonds. The zero-order valence-electron chi connectivity index (χ0n) is 10.2. The van der Waals surface area contributed by atoms with E-state index in [-0.39, 0.29) is 0 Å². The highest BCUT2D eigenvalue weighted by atomic mass is 15.3. The first-order valence-corrected chi connectivity index (χ1v) is 5.99. The van der Waals surface area contributed by atoms with Crippen molar-refractivity contribution in [2.45, 2.75) is 40.2 Å². The maximum Gasteiger partial charge on any atom is 0.0492 e. The minimum Gasteiger partial charge on any atom is -0.316 e. The lowest BCUT2D eigenvalue weighted by molar-refractivity contribution is 0.487. The smallest absolute Gasteiger partial charge is 0.0492 e. The van der Waals surface area contributed by atoms with Crippen molar-refractivity contribution in [2.24, 2.45) is 5.92 Å². The highest BCUT2D eigenvalue weighted by Crippen LogP contribution is 2.07. The third-order valence-electron chi connectivity index (χ3n) is 2.58. The molecule has 1 aromatic heterocycles. The Balaban J connectivity index is 2.33. The van der Waals surface area contributed by atoms with E-state index < -0.39 is 0 Å². The zero-order chi connectivity index (χ0) is 11.1. The van der Waals surface area contributed by atoms with E-state index in [1.807, 2.05) is 6.20 Å². The van der Waals surface area contributed by atoms with Crippen molar-refractivity contribution in [3.63, 3.8) is 0 Å². The van der Waals surface area contributed by atoms with E-state index in [9.17, 15) is 0 Å². The monoisotopic (exact) mass is 209 g/mol. The Bertz CT molecular complexity index is 268. The molecule has 0 saturated heterocycles. The quantitative estimate of drug-likeness (QED) is 0.697. The molecule has 0 aliphatic heterocycles. The molecule has 0 aliphatic carbocycles. The largest absolute Gasteiger partial charge is 0.316 e. The van der Waals surface area contributed by atoms with Crippen molar-refractivity contribution in [1.29, 1.82) is 0 Å². The van der Waals surface area contributed by atoms with Crippen LogP contribution in [0.4, 0.5) is 0 Å². The summed E-state index contributed by atoms with van der Waals surface area (Å²) in [6.07, 6.45) is 4.22. The Kier molecular flexibility index (Phi) is 5.40. The minimum absolute atomic E-state index is 0.679. The molecular weight excluding hydrogens is 186 g/mol. The van der Waals surface area contributed by atoms with E-state index in [2.05, 4.69) is 41.9 Å². The van der Waals surface area contributed by atoms with Crippen LogP contribution in [-0.4, -0.2) is 22.9 Å². The van der Waals surface area contributed by atoms with Crippen molar-refractivity contribution < 1.29 is 0 Å². The molecule has 0 spiro atoms. The Morgan fingerprint density at radius 1 is 1.47 bits per heavy atom. The summed E-state index contributed by atoms with van der Waals surface area (Å²) in [6, 6.07) is 2.12. The molecule has 15 heavy (non-hydrogen) atoms. The van der Waals surface area contributed by atoms with Gasteiger partial charge in [0.15, 0.2) is 0 Å². The Morgan fingerprint density at radius 2 is 2.27 bits per heavy atom. The van der Waals surface area contributed by atoms with Gasteiger partial charge in [-0.15, -0.1) is 0 Å². The third kappa shape index (κ3) is 4.04. The van der Waals surface area contributed by atoms with Crippen LogP contribution < -0.4 is 5.32 Å². The molecule has 0 radical (unpaired) electrons. The average Bonchev–Trinajstić information content (AvgIpc) is 2.65. The summed E-state index contributed by atoms with van der Waals surface area (Å²) in [7, 11) is 0. The van der Waals surface area contributed by atoms with E-state index in [1.54, 1.807) is 0 Å². The molecule has 1 atom stereocenters. The van der Waals surface area contributed by atoms with Crippen molar-refractivity contribution >= 4 is 0 Å². The molecule has 1 N–H and O–H groups in total. The Morgan fingerprint density at radius 3 is 2.93 bits per heavy atom. The molecule has 0 fully saturated rings. The van der Waals surface area contributed by atoms with E-state index in [1.165, 1.54) is 12.1 Å². The van der Waals surface area contributed by atoms with Gasteiger partial charge in [-0.2, -0.15) is 5.10 Å². The van der Waals surface area contributed by atoms with Gasteiger partial charge in [0.2, 0.25) is 0 Å². The molecule has 1 rings (SSSR count). The summed E-state index contributed by atoms with van der Waals surface area (Å²) in [5.74, 6) is 0.679. The van der Waals surface area contributed by atoms with Crippen molar-refractivity contribution in [3.8, 4) is 0 Å². The van der Waals surface area contributed by atoms with Crippen LogP contribution >= 0.6 is 0 Å². The van der Waals surface area contributed by atoms with Crippen LogP contribution in [0.25, 0.3) is 0 Å². The number of aryl methyl sites for hydroxylation is 1. The summed E-state index contributed by atoms with van der Waals surface area (Å²) in [6.45, 7) is 9.81. The van der Waals surface area contributed by atoms with Crippen molar-refractivity contribution in [1.82, 2.24) is 15.1 Å². The number of hydrogen-bond acceptors (Lipinski definition) is 2. The predicted molar refractivity (Wildman–Crippen MR) is 63.9 cm³/mol. The highest BCUT2D eigenvalue weighted by molar-refractivity contribution is 5.01. The third-order valence-corrected chi connectivity index (χ3v) is 2.58. The van der Waals surface area contributed by atoms with Crippen LogP contribution in [0.1, 0.15) is 32.9 Å². The van der Waals surface area contributed by atoms with Gasteiger partial charge in [0.1, 0.15) is 0 Å². The SMILES string of the molecule is CCCNCC(C)Cc1ccnn1CC. The molecule has 0 saturated carbocycles. The van der Waals surface area contributed by atoms with E-state index in [0.29, 0.717) is 5.92 Å². The predicted octanol–water partition coefficient (Wildman–Crippen LogP) is 2.08. The Hall–Kier alpha value is -0.830. The van der Waals surface area contributed by atoms with Crippen molar-refractivity contribution in [3.05, 3.63) is 18.0 Å². The molecule has 1 heterocycles. The average molecular weight is 209 g/mol. The Labute approximate surface area is 92.9 Å². The fourth-order valence-corrected chi connectivity index (χ4v) is 1.77. The van der Waals surface area contributed by atoms with E-state index >= 15 is 0 Å². The summed E-state index contributed by atoms with van der Waals surface area (Å²) in [5.41, 5.74) is 1.35. The molecule has 0 bridgehead atoms. The first kappa shape index (κ1) is 12.2. The summed E-state index contributed by atoms with van der Waals surface area (Å²) in [5, 5.41) is 7.74. The molecule has 3 heteroatoms. The van der Waals surface area contributed by atoms with Crippen LogP contribution in [0.3, 0.4) is 0 Å². The van der Waals surface area contributed by atoms with E-state index in [0.717, 1.165) is 26.1 Å². The van der Waals surface area contributed by atoms with Crippen LogP contribution in [0.2, 0.25) is 0 Å². The second-order valence-corrected chi connectivity index (χ2v) is 4.15. The number of rotatable bonds is 7. The summed E-state index contributed by atoms with van der Waals surface area (Å²) >= 11 is 0. The fraction of sp³-hybridized carbons (Fsp3) is 0.750. The molecule has 1 unspecified atom stereocenters. The first-order valence-electron chi connectivity index (χ1n) is 5.99. The van der Waals surface area contributed by atoms with Crippen molar-refractivity contribution in [2.75, 3.05) is 13.1 Å². The number of nitrogens with zero attached hydrogens (tertiary/aromatic N) is 2. The van der Waals surface area contributed by atoms with Gasteiger partial charge in [0.05, 0.1) is 0 Å². The lowest BCUT2D eigenvalue weighted by Crippen LogP contribution is -2.23. The molecular formula is C12H23N3. The van der Waals surface area contributed by atoms with Crippen LogP contribution in [0, 0.1) is 5.92 Å². The number of nitrogens with one attached hydrogen (secondary N) is 1. The maximum atomic E-state index is 4.28. The molecule has 1 aromatic rings. The minimum atomic E-state index is 0.679. The zero-order valence-corrected chi connectivity index (χ0v) is 10.2. The molecule has 86 valence electrons. The van der Waals surface area contributed by atoms with Gasteiger partial charge in [-0.3, -0.25) is 4.68 Å². The van der Waals surface area contributed by atoms with Gasteiger partial charge in [-0.05, 0) is 44.8 Å².